The Morgan fingerprint density at radius 2 is 2.56 bits per heavy atom. The summed E-state index contributed by atoms with van der Waals surface area (Å²) < 4.78 is 0. The first-order chi connectivity index (χ1) is 4.29. The monoisotopic (exact) mass is 127 g/mol. The predicted octanol–water partition coefficient (Wildman–Crippen LogP) is -1.15. The van der Waals surface area contributed by atoms with E-state index in [9.17, 15) is 0 Å². The second kappa shape index (κ2) is 2.54. The lowest BCUT2D eigenvalue weighted by molar-refractivity contribution is 0.161. The zero-order chi connectivity index (χ0) is 6.69. The molecular weight excluding hydrogens is 120 g/mol. The van der Waals surface area contributed by atoms with Gasteiger partial charge in [-0.25, -0.2) is 0 Å². The van der Waals surface area contributed by atoms with Gasteiger partial charge >= 0.3 is 0 Å². The van der Waals surface area contributed by atoms with Gasteiger partial charge in [-0.3, -0.25) is 0 Å². The van der Waals surface area contributed by atoms with E-state index in [-0.39, 0.29) is 0 Å². The third kappa shape index (κ3) is 1.77. The van der Waals surface area contributed by atoms with Crippen LogP contribution in [-0.4, -0.2) is 31.4 Å². The molecule has 0 bridgehead atoms. The Kier molecular flexibility index (Phi) is 1.74. The zero-order valence-corrected chi connectivity index (χ0v) is 5.02. The molecule has 0 saturated heterocycles. The van der Waals surface area contributed by atoms with Crippen molar-refractivity contribution in [1.82, 2.24) is 20.2 Å². The van der Waals surface area contributed by atoms with Crippen LogP contribution in [0, 0.1) is 6.33 Å². The molecule has 0 aliphatic heterocycles. The maximum atomic E-state index is 8.78. The first-order valence-electron chi connectivity index (χ1n) is 2.61. The van der Waals surface area contributed by atoms with Gasteiger partial charge in [-0.05, 0) is 12.1 Å². The molecule has 1 unspecified atom stereocenters. The fraction of sp³-hybridized carbons (Fsp3) is 0.750. The molecule has 1 rings (SSSR count). The Labute approximate surface area is 52.3 Å². The van der Waals surface area contributed by atoms with Crippen molar-refractivity contribution in [2.75, 3.05) is 0 Å². The third-order valence-electron chi connectivity index (χ3n) is 0.780. The van der Waals surface area contributed by atoms with E-state index in [1.807, 2.05) is 0 Å². The number of aromatic nitrogens is 4. The molecule has 1 aromatic heterocycles. The number of hydrogen-bond donors (Lipinski definition) is 1. The maximum Gasteiger partial charge on any atom is 0.245 e. The zero-order valence-electron chi connectivity index (χ0n) is 5.02. The fourth-order valence-corrected chi connectivity index (χ4v) is 0.477. The standard InChI is InChI=1S/C4H7N4O/c1-4(9)2-8-6-3-5-7-8/h4,9H,2H2,1H3. The topological polar surface area (TPSA) is 63.8 Å². The molecule has 1 atom stereocenters. The van der Waals surface area contributed by atoms with Crippen molar-refractivity contribution < 1.29 is 5.11 Å². The van der Waals surface area contributed by atoms with E-state index in [0.717, 1.165) is 0 Å². The van der Waals surface area contributed by atoms with Gasteiger partial charge in [0.25, 0.3) is 0 Å². The van der Waals surface area contributed by atoms with Crippen molar-refractivity contribution in [2.45, 2.75) is 19.6 Å². The molecule has 5 nitrogen and oxygen atoms in total. The van der Waals surface area contributed by atoms with E-state index in [2.05, 4.69) is 21.7 Å². The second-order valence-electron chi connectivity index (χ2n) is 1.79. The Hall–Kier alpha value is -0.970. The Morgan fingerprint density at radius 1 is 1.78 bits per heavy atom. The molecule has 0 amide bonds. The summed E-state index contributed by atoms with van der Waals surface area (Å²) in [5.41, 5.74) is 0. The van der Waals surface area contributed by atoms with Gasteiger partial charge < -0.3 is 5.11 Å². The molecule has 9 heavy (non-hydrogen) atoms. The number of aliphatic hydroxyl groups is 1. The van der Waals surface area contributed by atoms with E-state index in [0.29, 0.717) is 6.54 Å². The van der Waals surface area contributed by atoms with E-state index in [4.69, 9.17) is 5.11 Å². The first kappa shape index (κ1) is 6.15. The molecule has 1 aromatic rings. The van der Waals surface area contributed by atoms with Crippen molar-refractivity contribution in [3.8, 4) is 0 Å². The smallest absolute Gasteiger partial charge is 0.245 e. The van der Waals surface area contributed by atoms with Gasteiger partial charge in [0.2, 0.25) is 6.33 Å². The first-order valence-corrected chi connectivity index (χ1v) is 2.61. The van der Waals surface area contributed by atoms with Crippen LogP contribution < -0.4 is 0 Å². The summed E-state index contributed by atoms with van der Waals surface area (Å²) >= 11 is 0. The van der Waals surface area contributed by atoms with E-state index < -0.39 is 6.10 Å². The summed E-state index contributed by atoms with van der Waals surface area (Å²) in [5.74, 6) is 0. The molecule has 0 aromatic carbocycles. The van der Waals surface area contributed by atoms with Crippen molar-refractivity contribution >= 4 is 0 Å². The lowest BCUT2D eigenvalue weighted by Crippen LogP contribution is -2.14. The van der Waals surface area contributed by atoms with Crippen LogP contribution in [0.5, 0.6) is 0 Å². The maximum absolute atomic E-state index is 8.78. The van der Waals surface area contributed by atoms with Crippen LogP contribution in [0.15, 0.2) is 0 Å². The molecule has 5 heteroatoms. The van der Waals surface area contributed by atoms with Gasteiger partial charge in [-0.1, -0.05) is 0 Å². The van der Waals surface area contributed by atoms with Gasteiger partial charge in [0.05, 0.1) is 12.6 Å². The van der Waals surface area contributed by atoms with Crippen LogP contribution in [0.25, 0.3) is 0 Å². The predicted molar refractivity (Wildman–Crippen MR) is 28.3 cm³/mol. The van der Waals surface area contributed by atoms with E-state index in [1.165, 1.54) is 4.80 Å². The molecule has 0 spiro atoms. The minimum atomic E-state index is -0.437. The van der Waals surface area contributed by atoms with Crippen LogP contribution >= 0.6 is 0 Å². The average Bonchev–Trinajstić information content (AvgIpc) is 2.15. The highest BCUT2D eigenvalue weighted by atomic mass is 16.3. The SMILES string of the molecule is CC(O)Cn1n[c]nn1. The fourth-order valence-electron chi connectivity index (χ4n) is 0.477. The van der Waals surface area contributed by atoms with Gasteiger partial charge in [-0.15, -0.1) is 10.2 Å². The third-order valence-corrected chi connectivity index (χ3v) is 0.780. The summed E-state index contributed by atoms with van der Waals surface area (Å²) in [6.07, 6.45) is 1.84. The van der Waals surface area contributed by atoms with Crippen LogP contribution in [0.1, 0.15) is 6.92 Å². The van der Waals surface area contributed by atoms with E-state index >= 15 is 0 Å². The van der Waals surface area contributed by atoms with Gasteiger partial charge in [0, 0.05) is 0 Å². The van der Waals surface area contributed by atoms with Crippen LogP contribution in [0.3, 0.4) is 0 Å². The highest BCUT2D eigenvalue weighted by Crippen LogP contribution is 1.81. The van der Waals surface area contributed by atoms with Crippen molar-refractivity contribution in [3.05, 3.63) is 6.33 Å². The molecule has 1 heterocycles. The molecule has 0 aliphatic rings. The van der Waals surface area contributed by atoms with Gasteiger partial charge in [0.15, 0.2) is 0 Å². The summed E-state index contributed by atoms with van der Waals surface area (Å²) in [5, 5.41) is 19.2. The second-order valence-corrected chi connectivity index (χ2v) is 1.79. The number of tetrazole rings is 1. The lowest BCUT2D eigenvalue weighted by atomic mass is 10.4. The van der Waals surface area contributed by atoms with Gasteiger partial charge in [0.1, 0.15) is 0 Å². The number of rotatable bonds is 2. The van der Waals surface area contributed by atoms with Crippen LogP contribution in [-0.2, 0) is 6.54 Å². The summed E-state index contributed by atoms with van der Waals surface area (Å²) in [6, 6.07) is 0. The molecule has 1 N–H and O–H groups in total. The number of nitrogens with zero attached hydrogens (tertiary/aromatic N) is 4. The van der Waals surface area contributed by atoms with Gasteiger partial charge in [-0.2, -0.15) is 4.80 Å². The Bertz CT molecular complexity index is 159. The van der Waals surface area contributed by atoms with E-state index in [1.54, 1.807) is 6.92 Å². The molecular formula is C4H7N4O. The average molecular weight is 127 g/mol. The highest BCUT2D eigenvalue weighted by molar-refractivity contribution is 4.43. The molecule has 0 saturated carbocycles. The van der Waals surface area contributed by atoms with Crippen molar-refractivity contribution in [2.24, 2.45) is 0 Å². The number of hydrogen-bond acceptors (Lipinski definition) is 4. The molecule has 0 fully saturated rings. The Balaban J connectivity index is 2.48. The Morgan fingerprint density at radius 3 is 3.00 bits per heavy atom. The quantitative estimate of drug-likeness (QED) is 0.545. The summed E-state index contributed by atoms with van der Waals surface area (Å²) in [4.78, 5) is 1.28. The minimum Gasteiger partial charge on any atom is -0.391 e. The van der Waals surface area contributed by atoms with Crippen molar-refractivity contribution in [1.29, 1.82) is 0 Å². The van der Waals surface area contributed by atoms with Crippen molar-refractivity contribution in [3.63, 3.8) is 0 Å². The molecule has 0 aliphatic carbocycles. The molecule has 49 valence electrons. The largest absolute Gasteiger partial charge is 0.391 e. The summed E-state index contributed by atoms with van der Waals surface area (Å²) in [7, 11) is 0. The lowest BCUT2D eigenvalue weighted by Gasteiger charge is -1.98. The summed E-state index contributed by atoms with van der Waals surface area (Å²) in [6.45, 7) is 2.03. The normalized spacial score (nSPS) is 13.6. The van der Waals surface area contributed by atoms with Crippen LogP contribution in [0.4, 0.5) is 0 Å². The highest BCUT2D eigenvalue weighted by Gasteiger charge is 1.97. The minimum absolute atomic E-state index is 0.372. The molecule has 1 radical (unpaired) electrons. The number of aliphatic hydroxyl groups excluding tert-OH is 1. The van der Waals surface area contributed by atoms with Crippen LogP contribution in [0.2, 0.25) is 0 Å².